The fourth-order valence-electron chi connectivity index (χ4n) is 3.80. The van der Waals surface area contributed by atoms with E-state index in [1.165, 1.54) is 42.5 Å². The van der Waals surface area contributed by atoms with E-state index in [0.717, 1.165) is 5.56 Å². The second-order valence-electron chi connectivity index (χ2n) is 8.60. The summed E-state index contributed by atoms with van der Waals surface area (Å²) in [5.41, 5.74) is 2.32. The number of hydrogen-bond donors (Lipinski definition) is 2. The van der Waals surface area contributed by atoms with Gasteiger partial charge in [-0.3, -0.25) is 9.44 Å². The summed E-state index contributed by atoms with van der Waals surface area (Å²) in [6.45, 7) is 3.39. The Morgan fingerprint density at radius 2 is 1.31 bits per heavy atom. The van der Waals surface area contributed by atoms with E-state index in [1.54, 1.807) is 32.2 Å². The Balaban J connectivity index is 1.28. The van der Waals surface area contributed by atoms with Gasteiger partial charge in [-0.05, 0) is 62.4 Å². The van der Waals surface area contributed by atoms with Crippen molar-refractivity contribution in [3.63, 3.8) is 0 Å². The molecular formula is C27H23N5O5S2. The predicted molar refractivity (Wildman–Crippen MR) is 147 cm³/mol. The fraction of sp³-hybridized carbons (Fsp3) is 0.0741. The van der Waals surface area contributed by atoms with Gasteiger partial charge in [-0.25, -0.2) is 31.8 Å². The molecule has 0 saturated heterocycles. The van der Waals surface area contributed by atoms with Crippen molar-refractivity contribution in [2.45, 2.75) is 23.6 Å². The molecule has 2 N–H and O–H groups in total. The smallest absolute Gasteiger partial charge is 0.263 e. The van der Waals surface area contributed by atoms with Crippen molar-refractivity contribution in [1.82, 2.24) is 15.0 Å². The van der Waals surface area contributed by atoms with Crippen LogP contribution in [0.5, 0.6) is 0 Å². The van der Waals surface area contributed by atoms with Gasteiger partial charge in [0.1, 0.15) is 11.6 Å². The van der Waals surface area contributed by atoms with Crippen molar-refractivity contribution in [2.24, 2.45) is 0 Å². The molecule has 198 valence electrons. The molecule has 0 amide bonds. The number of hydrogen-bond acceptors (Lipinski definition) is 8. The van der Waals surface area contributed by atoms with Crippen LogP contribution in [0.15, 0.2) is 105 Å². The van der Waals surface area contributed by atoms with Crippen LogP contribution in [0.4, 0.5) is 11.5 Å². The van der Waals surface area contributed by atoms with Crippen LogP contribution in [0.25, 0.3) is 22.8 Å². The molecule has 39 heavy (non-hydrogen) atoms. The zero-order valence-electron chi connectivity index (χ0n) is 20.9. The number of nitrogens with zero attached hydrogens (tertiary/aromatic N) is 3. The predicted octanol–water partition coefficient (Wildman–Crippen LogP) is 5.02. The first kappa shape index (κ1) is 26.1. The number of aromatic nitrogens is 3. The van der Waals surface area contributed by atoms with E-state index in [9.17, 15) is 16.8 Å². The largest absolute Gasteiger partial charge is 0.436 e. The molecule has 5 rings (SSSR count). The summed E-state index contributed by atoms with van der Waals surface area (Å²) < 4.78 is 62.1. The Hall–Kier alpha value is -4.55. The van der Waals surface area contributed by atoms with Crippen LogP contribution in [-0.4, -0.2) is 31.8 Å². The van der Waals surface area contributed by atoms with Crippen LogP contribution in [0, 0.1) is 13.8 Å². The van der Waals surface area contributed by atoms with Gasteiger partial charge in [-0.15, -0.1) is 0 Å². The van der Waals surface area contributed by atoms with E-state index < -0.39 is 20.0 Å². The van der Waals surface area contributed by atoms with Crippen molar-refractivity contribution >= 4 is 31.6 Å². The van der Waals surface area contributed by atoms with Gasteiger partial charge in [0.25, 0.3) is 20.0 Å². The summed E-state index contributed by atoms with van der Waals surface area (Å²) in [5.74, 6) is 1.55. The number of rotatable bonds is 8. The molecule has 0 unspecified atom stereocenters. The van der Waals surface area contributed by atoms with E-state index in [4.69, 9.17) is 4.42 Å². The maximum atomic E-state index is 12.9. The quantitative estimate of drug-likeness (QED) is 0.269. The molecular weight excluding hydrogens is 538 g/mol. The first-order valence-electron chi connectivity index (χ1n) is 11.7. The number of benzene rings is 3. The highest BCUT2D eigenvalue weighted by atomic mass is 32.2. The number of oxazole rings is 1. The lowest BCUT2D eigenvalue weighted by Crippen LogP contribution is -2.15. The molecule has 0 saturated carbocycles. The second kappa shape index (κ2) is 10.3. The molecule has 0 spiro atoms. The monoisotopic (exact) mass is 561 g/mol. The first-order chi connectivity index (χ1) is 18.6. The Morgan fingerprint density at radius 3 is 1.95 bits per heavy atom. The van der Waals surface area contributed by atoms with Gasteiger partial charge in [-0.2, -0.15) is 0 Å². The van der Waals surface area contributed by atoms with E-state index in [2.05, 4.69) is 24.4 Å². The molecule has 2 heterocycles. The molecule has 2 aromatic heterocycles. The average molecular weight is 562 g/mol. The van der Waals surface area contributed by atoms with Gasteiger partial charge in [0.2, 0.25) is 5.89 Å². The fourth-order valence-corrected chi connectivity index (χ4v) is 5.85. The minimum absolute atomic E-state index is 0.0222. The standard InChI is InChI=1S/C27H23N5O5S2/c1-18-16-26(30-19(2)29-18)32-39(35,36)24-14-10-22(11-15-24)31-38(33,34)23-12-8-21(9-13-23)27-28-17-25(37-27)20-6-4-3-5-7-20/h3-17,31H,1-2H3,(H,29,30,32). The third kappa shape index (κ3) is 5.97. The minimum atomic E-state index is -3.94. The van der Waals surface area contributed by atoms with Crippen molar-refractivity contribution < 1.29 is 21.3 Å². The molecule has 3 aromatic carbocycles. The Labute approximate surface area is 225 Å². The summed E-state index contributed by atoms with van der Waals surface area (Å²) in [4.78, 5) is 12.5. The summed E-state index contributed by atoms with van der Waals surface area (Å²) in [7, 11) is -7.88. The number of nitrogens with one attached hydrogen (secondary N) is 2. The SMILES string of the molecule is Cc1cc(NS(=O)(=O)c2ccc(NS(=O)(=O)c3ccc(-c4ncc(-c5ccccc5)o4)cc3)cc2)nc(C)n1. The molecule has 0 aliphatic heterocycles. The molecule has 0 fully saturated rings. The normalized spacial score (nSPS) is 11.7. The first-order valence-corrected chi connectivity index (χ1v) is 14.7. The van der Waals surface area contributed by atoms with Crippen molar-refractivity contribution in [3.8, 4) is 22.8 Å². The molecule has 5 aromatic rings. The Kier molecular flexibility index (Phi) is 6.89. The molecule has 0 bridgehead atoms. The third-order valence-corrected chi connectivity index (χ3v) is 8.37. The van der Waals surface area contributed by atoms with Gasteiger partial charge in [0.15, 0.2) is 5.76 Å². The Bertz CT molecular complexity index is 1820. The maximum Gasteiger partial charge on any atom is 0.263 e. The lowest BCUT2D eigenvalue weighted by atomic mass is 10.2. The molecule has 0 atom stereocenters. The maximum absolute atomic E-state index is 12.9. The van der Waals surface area contributed by atoms with E-state index in [-0.39, 0.29) is 21.3 Å². The van der Waals surface area contributed by atoms with E-state index in [0.29, 0.717) is 28.7 Å². The molecule has 0 aliphatic rings. The van der Waals surface area contributed by atoms with Crippen LogP contribution in [0.3, 0.4) is 0 Å². The molecule has 12 heteroatoms. The van der Waals surface area contributed by atoms with Gasteiger partial charge in [0.05, 0.1) is 16.0 Å². The van der Waals surface area contributed by atoms with Crippen LogP contribution in [0.1, 0.15) is 11.5 Å². The highest BCUT2D eigenvalue weighted by molar-refractivity contribution is 7.93. The lowest BCUT2D eigenvalue weighted by molar-refractivity contribution is 0.588. The van der Waals surface area contributed by atoms with Gasteiger partial charge < -0.3 is 4.42 Å². The molecule has 10 nitrogen and oxygen atoms in total. The van der Waals surface area contributed by atoms with Crippen molar-refractivity contribution in [2.75, 3.05) is 9.44 Å². The summed E-state index contributed by atoms with van der Waals surface area (Å²) in [6, 6.07) is 22.5. The van der Waals surface area contributed by atoms with Crippen LogP contribution in [0.2, 0.25) is 0 Å². The van der Waals surface area contributed by atoms with Crippen LogP contribution < -0.4 is 9.44 Å². The third-order valence-electron chi connectivity index (χ3n) is 5.60. The highest BCUT2D eigenvalue weighted by Gasteiger charge is 2.18. The molecule has 0 aliphatic carbocycles. The zero-order valence-corrected chi connectivity index (χ0v) is 22.5. The topological polar surface area (TPSA) is 144 Å². The second-order valence-corrected chi connectivity index (χ2v) is 12.0. The highest BCUT2D eigenvalue weighted by Crippen LogP contribution is 2.27. The van der Waals surface area contributed by atoms with Gasteiger partial charge in [-0.1, -0.05) is 30.3 Å². The minimum Gasteiger partial charge on any atom is -0.436 e. The Morgan fingerprint density at radius 1 is 0.692 bits per heavy atom. The number of anilines is 2. The van der Waals surface area contributed by atoms with Crippen LogP contribution >= 0.6 is 0 Å². The van der Waals surface area contributed by atoms with Crippen molar-refractivity contribution in [1.29, 1.82) is 0 Å². The average Bonchev–Trinajstić information content (AvgIpc) is 3.39. The van der Waals surface area contributed by atoms with Gasteiger partial charge >= 0.3 is 0 Å². The van der Waals surface area contributed by atoms with E-state index >= 15 is 0 Å². The van der Waals surface area contributed by atoms with Crippen LogP contribution in [-0.2, 0) is 20.0 Å². The summed E-state index contributed by atoms with van der Waals surface area (Å²) in [5, 5.41) is 0. The number of sulfonamides is 2. The molecule has 0 radical (unpaired) electrons. The number of aryl methyl sites for hydroxylation is 2. The van der Waals surface area contributed by atoms with E-state index in [1.807, 2.05) is 30.3 Å². The summed E-state index contributed by atoms with van der Waals surface area (Å²) in [6.07, 6.45) is 1.62. The summed E-state index contributed by atoms with van der Waals surface area (Å²) >= 11 is 0. The zero-order chi connectivity index (χ0) is 27.6. The lowest BCUT2D eigenvalue weighted by Gasteiger charge is -2.11. The van der Waals surface area contributed by atoms with Gasteiger partial charge in [0, 0.05) is 28.6 Å². The van der Waals surface area contributed by atoms with Crippen molar-refractivity contribution in [3.05, 3.63) is 103 Å².